The van der Waals surface area contributed by atoms with Gasteiger partial charge in [0.15, 0.2) is 0 Å². The topological polar surface area (TPSA) is 42.9 Å². The van der Waals surface area contributed by atoms with Crippen LogP contribution in [-0.2, 0) is 4.74 Å². The van der Waals surface area contributed by atoms with E-state index in [1.165, 1.54) is 5.57 Å². The maximum absolute atomic E-state index is 6.43. The van der Waals surface area contributed by atoms with E-state index in [-0.39, 0.29) is 12.0 Å². The molecule has 1 aromatic carbocycles. The Labute approximate surface area is 148 Å². The van der Waals surface area contributed by atoms with Crippen LogP contribution < -0.4 is 10.1 Å². The third kappa shape index (κ3) is 3.54. The van der Waals surface area contributed by atoms with Crippen molar-refractivity contribution in [2.24, 2.45) is 16.8 Å². The van der Waals surface area contributed by atoms with Crippen LogP contribution >= 0.6 is 0 Å². The van der Waals surface area contributed by atoms with Crippen LogP contribution in [0.3, 0.4) is 0 Å². The van der Waals surface area contributed by atoms with Crippen molar-refractivity contribution in [2.75, 3.05) is 20.2 Å². The number of hydrogen-bond acceptors (Lipinski definition) is 4. The van der Waals surface area contributed by atoms with Gasteiger partial charge in [-0.15, -0.1) is 0 Å². The molecule has 2 heterocycles. The highest BCUT2D eigenvalue weighted by Gasteiger charge is 2.30. The quantitative estimate of drug-likeness (QED) is 0.914. The minimum Gasteiger partial charge on any atom is -0.497 e. The average Bonchev–Trinajstić information content (AvgIpc) is 2.69. The fourth-order valence-corrected chi connectivity index (χ4v) is 3.64. The zero-order valence-corrected chi connectivity index (χ0v) is 14.5. The van der Waals surface area contributed by atoms with Gasteiger partial charge in [-0.25, -0.2) is 0 Å². The molecule has 4 nitrogen and oxygen atoms in total. The number of nitrogens with one attached hydrogen (secondary N) is 1. The van der Waals surface area contributed by atoms with Gasteiger partial charge in [-0.1, -0.05) is 24.3 Å². The van der Waals surface area contributed by atoms with Crippen molar-refractivity contribution in [3.8, 4) is 5.75 Å². The normalized spacial score (nSPS) is 25.8. The molecule has 1 fully saturated rings. The second-order valence-electron chi connectivity index (χ2n) is 6.71. The molecule has 0 spiro atoms. The van der Waals surface area contributed by atoms with Gasteiger partial charge in [0.2, 0.25) is 0 Å². The number of allylic oxidation sites excluding steroid dienone is 5. The molecule has 4 heteroatoms. The molecular formula is C21H24N2O2. The summed E-state index contributed by atoms with van der Waals surface area (Å²) in [6.07, 6.45) is 12.9. The molecule has 25 heavy (non-hydrogen) atoms. The highest BCUT2D eigenvalue weighted by atomic mass is 16.5. The number of ether oxygens (including phenoxy) is 2. The maximum Gasteiger partial charge on any atom is 0.119 e. The second kappa shape index (κ2) is 7.28. The lowest BCUT2D eigenvalue weighted by atomic mass is 9.82. The van der Waals surface area contributed by atoms with Crippen molar-refractivity contribution in [1.29, 1.82) is 0 Å². The maximum atomic E-state index is 6.43. The number of rotatable bonds is 4. The van der Waals surface area contributed by atoms with Crippen LogP contribution in [0.4, 0.5) is 0 Å². The first-order valence-corrected chi connectivity index (χ1v) is 8.98. The fourth-order valence-electron chi connectivity index (χ4n) is 3.64. The molecule has 0 saturated carbocycles. The molecule has 0 amide bonds. The SMILES string of the molecule is COc1cccc(C2=CC3C=CN=CC3C(OC3CCNCC3)=C2)c1. The molecule has 2 aliphatic heterocycles. The van der Waals surface area contributed by atoms with Gasteiger partial charge in [0.05, 0.1) is 13.0 Å². The molecule has 2 unspecified atom stereocenters. The van der Waals surface area contributed by atoms with Crippen molar-refractivity contribution in [3.05, 3.63) is 60.0 Å². The van der Waals surface area contributed by atoms with Gasteiger partial charge in [0.1, 0.15) is 17.6 Å². The fraction of sp³-hybridized carbons (Fsp3) is 0.381. The largest absolute Gasteiger partial charge is 0.497 e. The zero-order chi connectivity index (χ0) is 17.1. The number of nitrogens with zero attached hydrogens (tertiary/aromatic N) is 1. The zero-order valence-electron chi connectivity index (χ0n) is 14.5. The van der Waals surface area contributed by atoms with Crippen LogP contribution in [0.5, 0.6) is 5.75 Å². The summed E-state index contributed by atoms with van der Waals surface area (Å²) in [7, 11) is 1.70. The van der Waals surface area contributed by atoms with E-state index >= 15 is 0 Å². The molecule has 3 aliphatic rings. The average molecular weight is 336 g/mol. The van der Waals surface area contributed by atoms with Gasteiger partial charge in [-0.3, -0.25) is 4.99 Å². The highest BCUT2D eigenvalue weighted by molar-refractivity contribution is 5.81. The van der Waals surface area contributed by atoms with Crippen molar-refractivity contribution >= 4 is 11.8 Å². The van der Waals surface area contributed by atoms with Crippen molar-refractivity contribution in [2.45, 2.75) is 18.9 Å². The highest BCUT2D eigenvalue weighted by Crippen LogP contribution is 2.37. The Hall–Kier alpha value is -2.33. The van der Waals surface area contributed by atoms with E-state index in [0.717, 1.165) is 43.0 Å². The van der Waals surface area contributed by atoms with Crippen molar-refractivity contribution in [3.63, 3.8) is 0 Å². The van der Waals surface area contributed by atoms with Crippen LogP contribution in [-0.4, -0.2) is 32.5 Å². The summed E-state index contributed by atoms with van der Waals surface area (Å²) in [6.45, 7) is 2.05. The number of aliphatic imine (C=N–C) groups is 1. The van der Waals surface area contributed by atoms with Gasteiger partial charge in [0, 0.05) is 18.3 Å². The van der Waals surface area contributed by atoms with Crippen molar-refractivity contribution in [1.82, 2.24) is 5.32 Å². The molecule has 130 valence electrons. The summed E-state index contributed by atoms with van der Waals surface area (Å²) >= 11 is 0. The van der Waals surface area contributed by atoms with Crippen LogP contribution in [0.1, 0.15) is 18.4 Å². The molecule has 1 saturated heterocycles. The lowest BCUT2D eigenvalue weighted by Gasteiger charge is -2.32. The van der Waals surface area contributed by atoms with Crippen LogP contribution in [0, 0.1) is 11.8 Å². The van der Waals surface area contributed by atoms with Gasteiger partial charge in [-0.05, 0) is 55.3 Å². The first-order valence-electron chi connectivity index (χ1n) is 8.98. The van der Waals surface area contributed by atoms with E-state index in [1.807, 2.05) is 24.5 Å². The Morgan fingerprint density at radius 3 is 2.92 bits per heavy atom. The molecule has 1 N–H and O–H groups in total. The Kier molecular flexibility index (Phi) is 4.70. The first kappa shape index (κ1) is 16.2. The summed E-state index contributed by atoms with van der Waals surface area (Å²) in [6, 6.07) is 8.19. The predicted molar refractivity (Wildman–Crippen MR) is 101 cm³/mol. The number of piperidine rings is 1. The third-order valence-electron chi connectivity index (χ3n) is 5.05. The Bertz CT molecular complexity index is 742. The standard InChI is InChI=1S/C21H24N2O2/c1-24-19-4-2-3-15(12-19)17-11-16-5-8-23-14-20(16)21(13-17)25-18-6-9-22-10-7-18/h2-5,8,11-14,16,18,20,22H,6-7,9-10H2,1H3. The molecular weight excluding hydrogens is 312 g/mol. The number of hydrogen-bond donors (Lipinski definition) is 1. The minimum atomic E-state index is 0.203. The second-order valence-corrected chi connectivity index (χ2v) is 6.71. The van der Waals surface area contributed by atoms with Gasteiger partial charge in [-0.2, -0.15) is 0 Å². The molecule has 4 rings (SSSR count). The van der Waals surface area contributed by atoms with E-state index in [2.05, 4.69) is 40.7 Å². The van der Waals surface area contributed by atoms with Crippen LogP contribution in [0.2, 0.25) is 0 Å². The summed E-state index contributed by atoms with van der Waals surface area (Å²) in [4.78, 5) is 4.34. The lowest BCUT2D eigenvalue weighted by Crippen LogP contribution is -2.34. The number of methoxy groups -OCH3 is 1. The Morgan fingerprint density at radius 2 is 2.08 bits per heavy atom. The Morgan fingerprint density at radius 1 is 1.20 bits per heavy atom. The Balaban J connectivity index is 1.64. The first-order chi connectivity index (χ1) is 12.3. The van der Waals surface area contributed by atoms with E-state index in [1.54, 1.807) is 7.11 Å². The molecule has 1 aromatic rings. The van der Waals surface area contributed by atoms with Gasteiger partial charge >= 0.3 is 0 Å². The molecule has 2 atom stereocenters. The molecule has 1 aliphatic carbocycles. The lowest BCUT2D eigenvalue weighted by molar-refractivity contribution is 0.0735. The molecule has 0 aromatic heterocycles. The monoisotopic (exact) mass is 336 g/mol. The van der Waals surface area contributed by atoms with E-state index < -0.39 is 0 Å². The third-order valence-corrected chi connectivity index (χ3v) is 5.05. The van der Waals surface area contributed by atoms with E-state index in [9.17, 15) is 0 Å². The summed E-state index contributed by atoms with van der Waals surface area (Å²) in [5.41, 5.74) is 2.34. The molecule has 0 radical (unpaired) electrons. The summed E-state index contributed by atoms with van der Waals surface area (Å²) in [5.74, 6) is 2.40. The number of benzene rings is 1. The van der Waals surface area contributed by atoms with E-state index in [0.29, 0.717) is 5.92 Å². The molecule has 0 bridgehead atoms. The number of fused-ring (bicyclic) bond motifs is 1. The van der Waals surface area contributed by atoms with Gasteiger partial charge in [0.25, 0.3) is 0 Å². The predicted octanol–water partition coefficient (Wildman–Crippen LogP) is 3.58. The van der Waals surface area contributed by atoms with Crippen molar-refractivity contribution < 1.29 is 9.47 Å². The van der Waals surface area contributed by atoms with Gasteiger partial charge < -0.3 is 14.8 Å². The van der Waals surface area contributed by atoms with Crippen LogP contribution in [0.15, 0.2) is 59.4 Å². The van der Waals surface area contributed by atoms with Crippen LogP contribution in [0.25, 0.3) is 5.57 Å². The summed E-state index contributed by atoms with van der Waals surface area (Å²) < 4.78 is 11.8. The summed E-state index contributed by atoms with van der Waals surface area (Å²) in [5, 5.41) is 3.39. The van der Waals surface area contributed by atoms with E-state index in [4.69, 9.17) is 9.47 Å². The smallest absolute Gasteiger partial charge is 0.119 e. The minimum absolute atomic E-state index is 0.203.